The molecule has 0 bridgehead atoms. The minimum Gasteiger partial charge on any atom is -0.397 e. The highest BCUT2D eigenvalue weighted by atomic mass is 79.9. The second kappa shape index (κ2) is 5.10. The minimum absolute atomic E-state index is 0.750. The average Bonchev–Trinajstić information content (AvgIpc) is 2.25. The van der Waals surface area contributed by atoms with E-state index in [1.165, 1.54) is 0 Å². The summed E-state index contributed by atoms with van der Waals surface area (Å²) in [5.74, 6) is 0. The van der Waals surface area contributed by atoms with E-state index in [0.717, 1.165) is 31.6 Å². The molecule has 0 aliphatic carbocycles. The minimum atomic E-state index is 0.750. The van der Waals surface area contributed by atoms with Crippen molar-refractivity contribution in [3.8, 4) is 0 Å². The Kier molecular flexibility index (Phi) is 3.74. The maximum Gasteiger partial charge on any atom is 0.0618 e. The summed E-state index contributed by atoms with van der Waals surface area (Å²) in [4.78, 5) is 0. The molecule has 0 unspecified atom stereocenters. The van der Waals surface area contributed by atoms with Gasteiger partial charge in [0.05, 0.1) is 17.1 Å². The van der Waals surface area contributed by atoms with E-state index in [4.69, 9.17) is 5.73 Å². The highest BCUT2D eigenvalue weighted by Gasteiger charge is 2.03. The van der Waals surface area contributed by atoms with Crippen LogP contribution in [0.5, 0.6) is 0 Å². The number of nitrogens with two attached hydrogens (primary N) is 1. The smallest absolute Gasteiger partial charge is 0.0618 e. The number of anilines is 3. The molecule has 0 saturated carbocycles. The SMILES string of the molecule is Cc1ccc(Nc2ccc(Br)cc2Br)c(N)c1. The maximum absolute atomic E-state index is 5.96. The predicted molar refractivity (Wildman–Crippen MR) is 80.7 cm³/mol. The second-order valence-corrected chi connectivity index (χ2v) is 5.61. The van der Waals surface area contributed by atoms with Gasteiger partial charge in [0.2, 0.25) is 0 Å². The van der Waals surface area contributed by atoms with Gasteiger partial charge in [0.1, 0.15) is 0 Å². The van der Waals surface area contributed by atoms with E-state index in [2.05, 4.69) is 37.2 Å². The monoisotopic (exact) mass is 354 g/mol. The summed E-state index contributed by atoms with van der Waals surface area (Å²) in [7, 11) is 0. The quantitative estimate of drug-likeness (QED) is 0.756. The first-order valence-corrected chi connectivity index (χ1v) is 6.73. The molecule has 0 amide bonds. The third-order valence-corrected chi connectivity index (χ3v) is 3.56. The zero-order valence-electron chi connectivity index (χ0n) is 9.30. The molecular formula is C13H12Br2N2. The summed E-state index contributed by atoms with van der Waals surface area (Å²) >= 11 is 6.93. The summed E-state index contributed by atoms with van der Waals surface area (Å²) < 4.78 is 2.03. The van der Waals surface area contributed by atoms with Crippen molar-refractivity contribution >= 4 is 48.9 Å². The van der Waals surface area contributed by atoms with Gasteiger partial charge in [0.15, 0.2) is 0 Å². The van der Waals surface area contributed by atoms with Crippen molar-refractivity contribution in [2.24, 2.45) is 0 Å². The zero-order valence-corrected chi connectivity index (χ0v) is 12.5. The standard InChI is InChI=1S/C13H12Br2N2/c1-8-2-4-13(11(16)6-8)17-12-5-3-9(14)7-10(12)15/h2-7,17H,16H2,1H3. The average molecular weight is 356 g/mol. The number of hydrogen-bond donors (Lipinski definition) is 2. The molecule has 0 aliphatic rings. The molecule has 2 nitrogen and oxygen atoms in total. The Morgan fingerprint density at radius 3 is 2.35 bits per heavy atom. The molecule has 0 aromatic heterocycles. The van der Waals surface area contributed by atoms with Crippen LogP contribution in [0.1, 0.15) is 5.56 Å². The highest BCUT2D eigenvalue weighted by Crippen LogP contribution is 2.31. The Morgan fingerprint density at radius 1 is 1.00 bits per heavy atom. The molecule has 17 heavy (non-hydrogen) atoms. The second-order valence-electron chi connectivity index (χ2n) is 3.84. The van der Waals surface area contributed by atoms with E-state index in [-0.39, 0.29) is 0 Å². The van der Waals surface area contributed by atoms with Gasteiger partial charge < -0.3 is 11.1 Å². The Labute approximate surface area is 117 Å². The molecule has 0 heterocycles. The van der Waals surface area contributed by atoms with Crippen molar-refractivity contribution in [3.63, 3.8) is 0 Å². The van der Waals surface area contributed by atoms with Crippen LogP contribution in [0.3, 0.4) is 0 Å². The summed E-state index contributed by atoms with van der Waals surface area (Å²) in [6.45, 7) is 2.02. The van der Waals surface area contributed by atoms with E-state index in [0.29, 0.717) is 0 Å². The van der Waals surface area contributed by atoms with E-state index < -0.39 is 0 Å². The molecule has 2 aromatic carbocycles. The van der Waals surface area contributed by atoms with Crippen molar-refractivity contribution < 1.29 is 0 Å². The zero-order chi connectivity index (χ0) is 12.4. The summed E-state index contributed by atoms with van der Waals surface area (Å²) in [5, 5.41) is 3.30. The first kappa shape index (κ1) is 12.5. The van der Waals surface area contributed by atoms with Crippen LogP contribution in [0.4, 0.5) is 17.1 Å². The van der Waals surface area contributed by atoms with E-state index in [1.807, 2.05) is 43.3 Å². The third kappa shape index (κ3) is 3.01. The van der Waals surface area contributed by atoms with Gasteiger partial charge in [-0.3, -0.25) is 0 Å². The number of benzene rings is 2. The van der Waals surface area contributed by atoms with Gasteiger partial charge >= 0.3 is 0 Å². The first-order valence-electron chi connectivity index (χ1n) is 5.14. The molecule has 0 aliphatic heterocycles. The van der Waals surface area contributed by atoms with E-state index >= 15 is 0 Å². The van der Waals surface area contributed by atoms with Gasteiger partial charge in [-0.2, -0.15) is 0 Å². The van der Waals surface area contributed by atoms with Gasteiger partial charge in [-0.05, 0) is 58.7 Å². The number of halogens is 2. The Bertz CT molecular complexity index is 504. The Balaban J connectivity index is 2.31. The molecule has 0 radical (unpaired) electrons. The van der Waals surface area contributed by atoms with Crippen LogP contribution in [0.25, 0.3) is 0 Å². The van der Waals surface area contributed by atoms with E-state index in [9.17, 15) is 0 Å². The third-order valence-electron chi connectivity index (χ3n) is 2.41. The van der Waals surface area contributed by atoms with Gasteiger partial charge in [-0.25, -0.2) is 0 Å². The molecule has 2 aromatic rings. The van der Waals surface area contributed by atoms with Crippen molar-refractivity contribution in [1.82, 2.24) is 0 Å². The number of nitrogen functional groups attached to an aromatic ring is 1. The molecular weight excluding hydrogens is 344 g/mol. The lowest BCUT2D eigenvalue weighted by molar-refractivity contribution is 1.45. The van der Waals surface area contributed by atoms with Crippen molar-refractivity contribution in [3.05, 3.63) is 50.9 Å². The molecule has 0 atom stereocenters. The fraction of sp³-hybridized carbons (Fsp3) is 0.0769. The first-order chi connectivity index (χ1) is 8.06. The number of hydrogen-bond acceptors (Lipinski definition) is 2. The highest BCUT2D eigenvalue weighted by molar-refractivity contribution is 9.11. The van der Waals surface area contributed by atoms with Crippen LogP contribution in [0.15, 0.2) is 45.3 Å². The summed E-state index contributed by atoms with van der Waals surface area (Å²) in [5.41, 5.74) is 9.77. The molecule has 0 fully saturated rings. The number of rotatable bonds is 2. The Morgan fingerprint density at radius 2 is 1.71 bits per heavy atom. The van der Waals surface area contributed by atoms with Crippen molar-refractivity contribution in [1.29, 1.82) is 0 Å². The lowest BCUT2D eigenvalue weighted by Gasteiger charge is -2.11. The number of nitrogens with one attached hydrogen (secondary N) is 1. The van der Waals surface area contributed by atoms with Crippen LogP contribution >= 0.6 is 31.9 Å². The van der Waals surface area contributed by atoms with Crippen LogP contribution in [0.2, 0.25) is 0 Å². The fourth-order valence-corrected chi connectivity index (χ4v) is 2.68. The lowest BCUT2D eigenvalue weighted by Crippen LogP contribution is -1.97. The van der Waals surface area contributed by atoms with Crippen LogP contribution < -0.4 is 11.1 Å². The lowest BCUT2D eigenvalue weighted by atomic mass is 10.2. The van der Waals surface area contributed by atoms with Gasteiger partial charge in [-0.15, -0.1) is 0 Å². The topological polar surface area (TPSA) is 38.0 Å². The van der Waals surface area contributed by atoms with Crippen LogP contribution in [0, 0.1) is 6.92 Å². The van der Waals surface area contributed by atoms with Gasteiger partial charge in [-0.1, -0.05) is 22.0 Å². The Hall–Kier alpha value is -1.000. The molecule has 4 heteroatoms. The molecule has 0 spiro atoms. The molecule has 3 N–H and O–H groups in total. The molecule has 0 saturated heterocycles. The molecule has 88 valence electrons. The maximum atomic E-state index is 5.96. The largest absolute Gasteiger partial charge is 0.397 e. The van der Waals surface area contributed by atoms with Gasteiger partial charge in [0.25, 0.3) is 0 Å². The van der Waals surface area contributed by atoms with Crippen molar-refractivity contribution in [2.45, 2.75) is 6.92 Å². The summed E-state index contributed by atoms with van der Waals surface area (Å²) in [6.07, 6.45) is 0. The van der Waals surface area contributed by atoms with E-state index in [1.54, 1.807) is 0 Å². The normalized spacial score (nSPS) is 10.3. The predicted octanol–water partition coefficient (Wildman–Crippen LogP) is 4.85. The van der Waals surface area contributed by atoms with Crippen LogP contribution in [-0.4, -0.2) is 0 Å². The summed E-state index contributed by atoms with van der Waals surface area (Å²) in [6, 6.07) is 11.9. The number of aryl methyl sites for hydroxylation is 1. The van der Waals surface area contributed by atoms with Crippen molar-refractivity contribution in [2.75, 3.05) is 11.1 Å². The van der Waals surface area contributed by atoms with Gasteiger partial charge in [0, 0.05) is 8.95 Å². The van der Waals surface area contributed by atoms with Crippen LogP contribution in [-0.2, 0) is 0 Å². The fourth-order valence-electron chi connectivity index (χ4n) is 1.53. The molecule has 2 rings (SSSR count).